The summed E-state index contributed by atoms with van der Waals surface area (Å²) in [6.07, 6.45) is 0.991. The Labute approximate surface area is 89.0 Å². The molecule has 5 nitrogen and oxygen atoms in total. The molecule has 0 aliphatic carbocycles. The third-order valence-electron chi connectivity index (χ3n) is 1.31. The van der Waals surface area contributed by atoms with Gasteiger partial charge in [-0.25, -0.2) is 9.59 Å². The van der Waals surface area contributed by atoms with Crippen LogP contribution >= 0.6 is 0 Å². The second-order valence-corrected chi connectivity index (χ2v) is 2.41. The summed E-state index contributed by atoms with van der Waals surface area (Å²) in [5, 5.41) is 0. The lowest BCUT2D eigenvalue weighted by Crippen LogP contribution is -2.13. The molecular weight excluding hydrogens is 200 g/mol. The molecule has 0 saturated heterocycles. The molecule has 0 N–H and O–H groups in total. The summed E-state index contributed by atoms with van der Waals surface area (Å²) in [6.45, 7) is 5.81. The molecular formula is C10H16O5. The number of carbonyl (C=O) groups is 2. The van der Waals surface area contributed by atoms with Crippen LogP contribution in [-0.2, 0) is 23.8 Å². The molecule has 0 atom stereocenters. The lowest BCUT2D eigenvalue weighted by molar-refractivity contribution is -0.144. The molecule has 0 aliphatic heterocycles. The van der Waals surface area contributed by atoms with Gasteiger partial charge in [0.25, 0.3) is 0 Å². The highest BCUT2D eigenvalue weighted by molar-refractivity contribution is 5.94. The first-order valence-electron chi connectivity index (χ1n) is 4.84. The standard InChI is InChI=1S/C10H16O5/c1-4-13-8(10(12)15-6-3)7-9(11)14-5-2/h7H,4-6H2,1-3H3/b8-7-. The zero-order valence-corrected chi connectivity index (χ0v) is 9.24. The maximum atomic E-state index is 11.2. The number of carbonyl (C=O) groups excluding carboxylic acids is 2. The molecule has 0 spiro atoms. The Bertz CT molecular complexity index is 244. The SMILES string of the molecule is CCOC(=O)/C=C(\OCC)C(=O)OCC. The van der Waals surface area contributed by atoms with Gasteiger partial charge in [-0.05, 0) is 20.8 Å². The third kappa shape index (κ3) is 5.72. The summed E-state index contributed by atoms with van der Waals surface area (Å²) >= 11 is 0. The molecule has 0 aromatic rings. The molecule has 86 valence electrons. The summed E-state index contributed by atoms with van der Waals surface area (Å²) in [5.74, 6) is -1.40. The molecule has 0 amide bonds. The second kappa shape index (κ2) is 7.84. The van der Waals surface area contributed by atoms with Gasteiger partial charge in [0.05, 0.1) is 25.9 Å². The van der Waals surface area contributed by atoms with Crippen molar-refractivity contribution in [1.29, 1.82) is 0 Å². The molecule has 15 heavy (non-hydrogen) atoms. The summed E-state index contributed by atoms with van der Waals surface area (Å²) in [5.41, 5.74) is 0. The van der Waals surface area contributed by atoms with Gasteiger partial charge in [0.2, 0.25) is 5.76 Å². The van der Waals surface area contributed by atoms with Crippen LogP contribution in [0.5, 0.6) is 0 Å². The lowest BCUT2D eigenvalue weighted by Gasteiger charge is -2.06. The highest BCUT2D eigenvalue weighted by Gasteiger charge is 2.14. The maximum absolute atomic E-state index is 11.2. The molecule has 0 aromatic heterocycles. The Morgan fingerprint density at radius 1 is 0.933 bits per heavy atom. The van der Waals surface area contributed by atoms with Gasteiger partial charge < -0.3 is 14.2 Å². The van der Waals surface area contributed by atoms with Gasteiger partial charge >= 0.3 is 11.9 Å². The molecule has 0 heterocycles. The van der Waals surface area contributed by atoms with Gasteiger partial charge in [0, 0.05) is 0 Å². The Hall–Kier alpha value is -1.52. The van der Waals surface area contributed by atoms with Crippen molar-refractivity contribution < 1.29 is 23.8 Å². The minimum Gasteiger partial charge on any atom is -0.487 e. The normalized spacial score (nSPS) is 10.7. The number of ether oxygens (including phenoxy) is 3. The predicted molar refractivity (Wildman–Crippen MR) is 53.0 cm³/mol. The van der Waals surface area contributed by atoms with Crippen LogP contribution in [-0.4, -0.2) is 31.8 Å². The van der Waals surface area contributed by atoms with Crippen LogP contribution in [0.3, 0.4) is 0 Å². The minimum atomic E-state index is -0.660. The third-order valence-corrected chi connectivity index (χ3v) is 1.31. The van der Waals surface area contributed by atoms with Crippen molar-refractivity contribution in [3.63, 3.8) is 0 Å². The Kier molecular flexibility index (Phi) is 7.05. The van der Waals surface area contributed by atoms with Crippen molar-refractivity contribution in [2.45, 2.75) is 20.8 Å². The first-order chi connectivity index (χ1) is 7.15. The van der Waals surface area contributed by atoms with Crippen LogP contribution in [0.4, 0.5) is 0 Å². The van der Waals surface area contributed by atoms with Crippen molar-refractivity contribution in [1.82, 2.24) is 0 Å². The molecule has 0 rings (SSSR count). The number of hydrogen-bond acceptors (Lipinski definition) is 5. The van der Waals surface area contributed by atoms with Crippen LogP contribution in [0, 0.1) is 0 Å². The predicted octanol–water partition coefficient (Wildman–Crippen LogP) is 1.03. The average Bonchev–Trinajstić information content (AvgIpc) is 2.18. The van der Waals surface area contributed by atoms with E-state index in [-0.39, 0.29) is 25.6 Å². The van der Waals surface area contributed by atoms with Crippen LogP contribution in [0.15, 0.2) is 11.8 Å². The number of esters is 2. The second-order valence-electron chi connectivity index (χ2n) is 2.41. The highest BCUT2D eigenvalue weighted by Crippen LogP contribution is 2.01. The highest BCUT2D eigenvalue weighted by atomic mass is 16.6. The van der Waals surface area contributed by atoms with Gasteiger partial charge in [-0.2, -0.15) is 0 Å². The minimum absolute atomic E-state index is 0.127. The molecule has 0 saturated carbocycles. The van der Waals surface area contributed by atoms with Gasteiger partial charge in [-0.15, -0.1) is 0 Å². The summed E-state index contributed by atoms with van der Waals surface area (Å²) < 4.78 is 14.3. The zero-order valence-electron chi connectivity index (χ0n) is 9.24. The van der Waals surface area contributed by atoms with E-state index in [0.717, 1.165) is 6.08 Å². The van der Waals surface area contributed by atoms with Crippen molar-refractivity contribution in [2.75, 3.05) is 19.8 Å². The molecule has 0 fully saturated rings. The fraction of sp³-hybridized carbons (Fsp3) is 0.600. The summed E-state index contributed by atoms with van der Waals surface area (Å²) in [4.78, 5) is 22.3. The maximum Gasteiger partial charge on any atom is 0.373 e. The van der Waals surface area contributed by atoms with Crippen LogP contribution in [0.25, 0.3) is 0 Å². The van der Waals surface area contributed by atoms with E-state index in [9.17, 15) is 9.59 Å². The van der Waals surface area contributed by atoms with E-state index in [2.05, 4.69) is 4.74 Å². The van der Waals surface area contributed by atoms with Crippen molar-refractivity contribution >= 4 is 11.9 Å². The largest absolute Gasteiger partial charge is 0.487 e. The van der Waals surface area contributed by atoms with E-state index in [1.54, 1.807) is 20.8 Å². The van der Waals surface area contributed by atoms with E-state index >= 15 is 0 Å². The van der Waals surface area contributed by atoms with E-state index < -0.39 is 11.9 Å². The molecule has 0 aromatic carbocycles. The van der Waals surface area contributed by atoms with Crippen molar-refractivity contribution in [3.05, 3.63) is 11.8 Å². The van der Waals surface area contributed by atoms with Crippen LogP contribution < -0.4 is 0 Å². The fourth-order valence-electron chi connectivity index (χ4n) is 0.808. The van der Waals surface area contributed by atoms with E-state index in [4.69, 9.17) is 9.47 Å². The molecule has 0 radical (unpaired) electrons. The van der Waals surface area contributed by atoms with E-state index in [1.165, 1.54) is 0 Å². The molecule has 0 aliphatic rings. The van der Waals surface area contributed by atoms with Crippen molar-refractivity contribution in [2.24, 2.45) is 0 Å². The van der Waals surface area contributed by atoms with Crippen molar-refractivity contribution in [3.8, 4) is 0 Å². The van der Waals surface area contributed by atoms with Gasteiger partial charge in [0.1, 0.15) is 0 Å². The molecule has 0 bridgehead atoms. The number of rotatable bonds is 6. The van der Waals surface area contributed by atoms with E-state index in [0.29, 0.717) is 0 Å². The average molecular weight is 216 g/mol. The first-order valence-corrected chi connectivity index (χ1v) is 4.84. The van der Waals surface area contributed by atoms with Crippen LogP contribution in [0.1, 0.15) is 20.8 Å². The Balaban J connectivity index is 4.48. The first kappa shape index (κ1) is 13.5. The van der Waals surface area contributed by atoms with Gasteiger partial charge in [-0.3, -0.25) is 0 Å². The number of hydrogen-bond donors (Lipinski definition) is 0. The Morgan fingerprint density at radius 3 is 1.93 bits per heavy atom. The molecule has 0 unspecified atom stereocenters. The quantitative estimate of drug-likeness (QED) is 0.377. The van der Waals surface area contributed by atoms with Gasteiger partial charge in [0.15, 0.2) is 0 Å². The fourth-order valence-corrected chi connectivity index (χ4v) is 0.808. The zero-order chi connectivity index (χ0) is 11.7. The molecule has 5 heteroatoms. The summed E-state index contributed by atoms with van der Waals surface area (Å²) in [6, 6.07) is 0. The van der Waals surface area contributed by atoms with Gasteiger partial charge in [-0.1, -0.05) is 0 Å². The Morgan fingerprint density at radius 2 is 1.47 bits per heavy atom. The lowest BCUT2D eigenvalue weighted by atomic mass is 10.4. The summed E-state index contributed by atoms with van der Waals surface area (Å²) in [7, 11) is 0. The smallest absolute Gasteiger partial charge is 0.373 e. The van der Waals surface area contributed by atoms with E-state index in [1.807, 2.05) is 0 Å². The monoisotopic (exact) mass is 216 g/mol. The topological polar surface area (TPSA) is 61.8 Å². The van der Waals surface area contributed by atoms with Crippen LogP contribution in [0.2, 0.25) is 0 Å².